The average molecular weight is 269 g/mol. The molecule has 0 fully saturated rings. The van der Waals surface area contributed by atoms with Crippen LogP contribution in [0.25, 0.3) is 0 Å². The number of rotatable bonds is 4. The Morgan fingerprint density at radius 1 is 1.15 bits per heavy atom. The molecule has 1 unspecified atom stereocenters. The fraction of sp³-hybridized carbons (Fsp3) is 0.125. The Morgan fingerprint density at radius 3 is 2.30 bits per heavy atom. The summed E-state index contributed by atoms with van der Waals surface area (Å²) in [4.78, 5) is 12.1. The third kappa shape index (κ3) is 3.21. The first kappa shape index (κ1) is 13.8. The van der Waals surface area contributed by atoms with Gasteiger partial charge in [-0.25, -0.2) is 4.39 Å². The summed E-state index contributed by atoms with van der Waals surface area (Å²) in [5.74, 6) is -0.108. The summed E-state index contributed by atoms with van der Waals surface area (Å²) in [5, 5.41) is 8.69. The monoisotopic (exact) mass is 269 g/mol. The molecule has 1 atom stereocenters. The normalized spacial score (nSPS) is 11.4. The molecule has 0 aliphatic carbocycles. The molecule has 0 heterocycles. The Morgan fingerprint density at radius 2 is 1.75 bits per heavy atom. The first-order valence-corrected chi connectivity index (χ1v) is 6.07. The van der Waals surface area contributed by atoms with Crippen LogP contribution in [0.15, 0.2) is 48.5 Å². The molecule has 3 nitrogen and oxygen atoms in total. The van der Waals surface area contributed by atoms with Crippen molar-refractivity contribution in [1.82, 2.24) is 0 Å². The summed E-state index contributed by atoms with van der Waals surface area (Å²) in [6.45, 7) is 1.63. The molecular formula is C16H12FNO2. The van der Waals surface area contributed by atoms with Crippen molar-refractivity contribution in [2.24, 2.45) is 0 Å². The average Bonchev–Trinajstić information content (AvgIpc) is 2.48. The molecule has 100 valence electrons. The molecule has 0 radical (unpaired) electrons. The van der Waals surface area contributed by atoms with Crippen molar-refractivity contribution in [2.75, 3.05) is 0 Å². The van der Waals surface area contributed by atoms with E-state index in [0.29, 0.717) is 16.9 Å². The van der Waals surface area contributed by atoms with Crippen molar-refractivity contribution in [1.29, 1.82) is 5.26 Å². The van der Waals surface area contributed by atoms with Crippen molar-refractivity contribution in [2.45, 2.75) is 13.0 Å². The summed E-state index contributed by atoms with van der Waals surface area (Å²) in [6.07, 6.45) is -0.687. The summed E-state index contributed by atoms with van der Waals surface area (Å²) in [6, 6.07) is 13.8. The highest BCUT2D eigenvalue weighted by Crippen LogP contribution is 2.15. The van der Waals surface area contributed by atoms with Gasteiger partial charge in [0.1, 0.15) is 11.6 Å². The lowest BCUT2D eigenvalue weighted by Crippen LogP contribution is -2.23. The van der Waals surface area contributed by atoms with E-state index in [2.05, 4.69) is 0 Å². The lowest BCUT2D eigenvalue weighted by atomic mass is 10.1. The molecule has 0 aliphatic rings. The van der Waals surface area contributed by atoms with Gasteiger partial charge >= 0.3 is 0 Å². The van der Waals surface area contributed by atoms with Crippen LogP contribution in [0.2, 0.25) is 0 Å². The van der Waals surface area contributed by atoms with Crippen LogP contribution >= 0.6 is 0 Å². The standard InChI is InChI=1S/C16H12FNO2/c1-11(16(19)13-4-6-14(17)7-5-13)20-15-8-2-12(10-18)3-9-15/h2-9,11H,1H3. The molecule has 2 aromatic rings. The van der Waals surface area contributed by atoms with Crippen molar-refractivity contribution < 1.29 is 13.9 Å². The van der Waals surface area contributed by atoms with E-state index in [1.54, 1.807) is 31.2 Å². The van der Waals surface area contributed by atoms with Crippen molar-refractivity contribution in [3.05, 3.63) is 65.5 Å². The number of nitriles is 1. The number of Topliss-reactive ketones (excluding diaryl/α,β-unsaturated/α-hetero) is 1. The highest BCUT2D eigenvalue weighted by molar-refractivity contribution is 5.99. The second-order valence-corrected chi connectivity index (χ2v) is 4.27. The Balaban J connectivity index is 2.07. The van der Waals surface area contributed by atoms with Crippen molar-refractivity contribution in [3.8, 4) is 11.8 Å². The number of halogens is 1. The van der Waals surface area contributed by atoms with Crippen LogP contribution in [-0.4, -0.2) is 11.9 Å². The lowest BCUT2D eigenvalue weighted by molar-refractivity contribution is 0.0818. The van der Waals surface area contributed by atoms with Crippen molar-refractivity contribution >= 4 is 5.78 Å². The zero-order chi connectivity index (χ0) is 14.5. The third-order valence-corrected chi connectivity index (χ3v) is 2.79. The quantitative estimate of drug-likeness (QED) is 0.800. The minimum Gasteiger partial charge on any atom is -0.483 e. The number of benzene rings is 2. The fourth-order valence-corrected chi connectivity index (χ4v) is 1.71. The maximum absolute atomic E-state index is 12.8. The van der Waals surface area contributed by atoms with Crippen molar-refractivity contribution in [3.63, 3.8) is 0 Å². The zero-order valence-corrected chi connectivity index (χ0v) is 10.8. The van der Waals surface area contributed by atoms with Gasteiger partial charge in [0.05, 0.1) is 11.6 Å². The van der Waals surface area contributed by atoms with Gasteiger partial charge in [0.25, 0.3) is 0 Å². The Kier molecular flexibility index (Phi) is 4.11. The summed E-state index contributed by atoms with van der Waals surface area (Å²) < 4.78 is 18.3. The summed E-state index contributed by atoms with van der Waals surface area (Å²) in [7, 11) is 0. The predicted molar refractivity (Wildman–Crippen MR) is 72.0 cm³/mol. The first-order chi connectivity index (χ1) is 9.60. The number of carbonyl (C=O) groups excluding carboxylic acids is 1. The van der Waals surface area contributed by atoms with Crippen LogP contribution in [0.3, 0.4) is 0 Å². The number of hydrogen-bond acceptors (Lipinski definition) is 3. The molecule has 0 N–H and O–H groups in total. The SMILES string of the molecule is CC(Oc1ccc(C#N)cc1)C(=O)c1ccc(F)cc1. The molecule has 2 rings (SSSR count). The van der Waals surface area contributed by atoms with E-state index in [4.69, 9.17) is 10.00 Å². The Hall–Kier alpha value is -2.67. The molecule has 0 saturated heterocycles. The van der Waals surface area contributed by atoms with Crippen LogP contribution in [0, 0.1) is 17.1 Å². The van der Waals surface area contributed by atoms with Gasteiger partial charge in [-0.15, -0.1) is 0 Å². The number of nitrogens with zero attached hydrogens (tertiary/aromatic N) is 1. The van der Waals surface area contributed by atoms with Crippen LogP contribution in [0.5, 0.6) is 5.75 Å². The molecule has 0 aromatic heterocycles. The maximum atomic E-state index is 12.8. The molecule has 20 heavy (non-hydrogen) atoms. The minimum atomic E-state index is -0.687. The van der Waals surface area contributed by atoms with E-state index in [1.165, 1.54) is 24.3 Å². The fourth-order valence-electron chi connectivity index (χ4n) is 1.71. The maximum Gasteiger partial charge on any atom is 0.202 e. The van der Waals surface area contributed by atoms with Crippen LogP contribution < -0.4 is 4.74 Å². The van der Waals surface area contributed by atoms with Gasteiger partial charge in [0, 0.05) is 5.56 Å². The van der Waals surface area contributed by atoms with Gasteiger partial charge in [-0.2, -0.15) is 5.26 Å². The zero-order valence-electron chi connectivity index (χ0n) is 10.8. The van der Waals surface area contributed by atoms with Crippen LogP contribution in [0.1, 0.15) is 22.8 Å². The van der Waals surface area contributed by atoms with Crippen LogP contribution in [0.4, 0.5) is 4.39 Å². The number of ether oxygens (including phenoxy) is 1. The van der Waals surface area contributed by atoms with Gasteiger partial charge in [-0.05, 0) is 55.5 Å². The number of carbonyl (C=O) groups is 1. The van der Waals surface area contributed by atoms with E-state index in [0.717, 1.165) is 0 Å². The molecule has 4 heteroatoms. The van der Waals surface area contributed by atoms with Crippen LogP contribution in [-0.2, 0) is 0 Å². The first-order valence-electron chi connectivity index (χ1n) is 6.07. The second kappa shape index (κ2) is 5.98. The predicted octanol–water partition coefficient (Wildman–Crippen LogP) is 3.35. The molecule has 2 aromatic carbocycles. The molecule has 0 amide bonds. The smallest absolute Gasteiger partial charge is 0.202 e. The number of ketones is 1. The molecule has 0 spiro atoms. The topological polar surface area (TPSA) is 50.1 Å². The summed E-state index contributed by atoms with van der Waals surface area (Å²) >= 11 is 0. The number of hydrogen-bond donors (Lipinski definition) is 0. The van der Waals surface area contributed by atoms with E-state index < -0.39 is 6.10 Å². The Bertz CT molecular complexity index is 642. The highest BCUT2D eigenvalue weighted by atomic mass is 19.1. The van der Waals surface area contributed by atoms with E-state index >= 15 is 0 Å². The van der Waals surface area contributed by atoms with E-state index in [1.807, 2.05) is 6.07 Å². The largest absolute Gasteiger partial charge is 0.483 e. The molecule has 0 saturated carbocycles. The second-order valence-electron chi connectivity index (χ2n) is 4.27. The third-order valence-electron chi connectivity index (χ3n) is 2.79. The van der Waals surface area contributed by atoms with Gasteiger partial charge in [-0.3, -0.25) is 4.79 Å². The van der Waals surface area contributed by atoms with E-state index in [9.17, 15) is 9.18 Å². The molecular weight excluding hydrogens is 257 g/mol. The van der Waals surface area contributed by atoms with E-state index in [-0.39, 0.29) is 11.6 Å². The van der Waals surface area contributed by atoms with Gasteiger partial charge in [0.2, 0.25) is 5.78 Å². The highest BCUT2D eigenvalue weighted by Gasteiger charge is 2.16. The Labute approximate surface area is 116 Å². The molecule has 0 bridgehead atoms. The van der Waals surface area contributed by atoms with Gasteiger partial charge in [-0.1, -0.05) is 0 Å². The lowest BCUT2D eigenvalue weighted by Gasteiger charge is -2.13. The molecule has 0 aliphatic heterocycles. The minimum absolute atomic E-state index is 0.227. The van der Waals surface area contributed by atoms with Gasteiger partial charge in [0.15, 0.2) is 6.10 Å². The summed E-state index contributed by atoms with van der Waals surface area (Å²) in [5.41, 5.74) is 0.919. The van der Waals surface area contributed by atoms with Gasteiger partial charge < -0.3 is 4.74 Å².